The average Bonchev–Trinajstić information content (AvgIpc) is 2.85. The van der Waals surface area contributed by atoms with Crippen LogP contribution in [0.4, 0.5) is 5.95 Å². The standard InChI is InChI=1S/C21H19Cl2N5O4S/c22-18-6-3-15(11-19(18)23)14-1-4-17(5-2-14)33(31,32)28-9-7-27(8-10-28)21-24-12-16(13-25-21)20(29)26-30/h1-6,11-13,30H,7-10H2,(H,26,29). The molecule has 0 spiro atoms. The molecule has 2 heterocycles. The fourth-order valence-electron chi connectivity index (χ4n) is 3.44. The summed E-state index contributed by atoms with van der Waals surface area (Å²) in [6, 6.07) is 11.9. The summed E-state index contributed by atoms with van der Waals surface area (Å²) < 4.78 is 27.6. The van der Waals surface area contributed by atoms with Crippen molar-refractivity contribution in [3.8, 4) is 11.1 Å². The van der Waals surface area contributed by atoms with Gasteiger partial charge in [0.25, 0.3) is 5.91 Å². The highest BCUT2D eigenvalue weighted by Gasteiger charge is 2.29. The maximum atomic E-state index is 13.1. The predicted molar refractivity (Wildman–Crippen MR) is 124 cm³/mol. The number of halogens is 2. The molecule has 0 bridgehead atoms. The van der Waals surface area contributed by atoms with Crippen LogP contribution in [0.2, 0.25) is 10.0 Å². The Morgan fingerprint density at radius 3 is 2.09 bits per heavy atom. The summed E-state index contributed by atoms with van der Waals surface area (Å²) in [5, 5.41) is 9.55. The van der Waals surface area contributed by atoms with E-state index in [0.717, 1.165) is 11.1 Å². The molecule has 1 saturated heterocycles. The molecule has 172 valence electrons. The highest BCUT2D eigenvalue weighted by Crippen LogP contribution is 2.29. The van der Waals surface area contributed by atoms with Crippen molar-refractivity contribution in [2.24, 2.45) is 0 Å². The number of sulfonamides is 1. The maximum Gasteiger partial charge on any atom is 0.277 e. The molecule has 4 rings (SSSR count). The highest BCUT2D eigenvalue weighted by molar-refractivity contribution is 7.89. The second-order valence-corrected chi connectivity index (χ2v) is 10.0. The summed E-state index contributed by atoms with van der Waals surface area (Å²) in [5.41, 5.74) is 3.30. The van der Waals surface area contributed by atoms with Gasteiger partial charge < -0.3 is 4.90 Å². The monoisotopic (exact) mass is 507 g/mol. The van der Waals surface area contributed by atoms with E-state index < -0.39 is 15.9 Å². The van der Waals surface area contributed by atoms with Gasteiger partial charge in [-0.15, -0.1) is 0 Å². The first-order valence-electron chi connectivity index (χ1n) is 9.86. The van der Waals surface area contributed by atoms with E-state index in [1.54, 1.807) is 36.4 Å². The lowest BCUT2D eigenvalue weighted by molar-refractivity contribution is 0.0705. The third-order valence-corrected chi connectivity index (χ3v) is 7.92. The van der Waals surface area contributed by atoms with Gasteiger partial charge in [0, 0.05) is 38.6 Å². The second-order valence-electron chi connectivity index (χ2n) is 7.26. The van der Waals surface area contributed by atoms with Crippen LogP contribution in [0.15, 0.2) is 59.8 Å². The van der Waals surface area contributed by atoms with Crippen molar-refractivity contribution in [1.82, 2.24) is 19.8 Å². The zero-order valence-electron chi connectivity index (χ0n) is 17.1. The highest BCUT2D eigenvalue weighted by atomic mass is 35.5. The summed E-state index contributed by atoms with van der Waals surface area (Å²) in [6.07, 6.45) is 2.60. The molecular weight excluding hydrogens is 489 g/mol. The Bertz CT molecular complexity index is 1260. The normalized spacial score (nSPS) is 14.8. The zero-order chi connectivity index (χ0) is 23.6. The molecule has 33 heavy (non-hydrogen) atoms. The number of nitrogens with one attached hydrogen (secondary N) is 1. The Balaban J connectivity index is 1.43. The minimum Gasteiger partial charge on any atom is -0.338 e. The molecule has 0 unspecified atom stereocenters. The summed E-state index contributed by atoms with van der Waals surface area (Å²) >= 11 is 12.0. The van der Waals surface area contributed by atoms with E-state index in [4.69, 9.17) is 28.4 Å². The molecule has 2 N–H and O–H groups in total. The van der Waals surface area contributed by atoms with E-state index in [0.29, 0.717) is 29.1 Å². The Labute approximate surface area is 200 Å². The minimum atomic E-state index is -3.66. The largest absolute Gasteiger partial charge is 0.338 e. The number of carbonyl (C=O) groups excluding carboxylic acids is 1. The lowest BCUT2D eigenvalue weighted by Crippen LogP contribution is -2.49. The molecule has 3 aromatic rings. The molecule has 12 heteroatoms. The number of benzene rings is 2. The molecule has 2 aromatic carbocycles. The number of nitrogens with zero attached hydrogens (tertiary/aromatic N) is 4. The van der Waals surface area contributed by atoms with Gasteiger partial charge in [-0.05, 0) is 35.4 Å². The first-order chi connectivity index (χ1) is 15.8. The molecule has 1 fully saturated rings. The van der Waals surface area contributed by atoms with Gasteiger partial charge in [0.1, 0.15) is 0 Å². The molecular formula is C21H19Cl2N5O4S. The lowest BCUT2D eigenvalue weighted by Gasteiger charge is -2.34. The van der Waals surface area contributed by atoms with Crippen molar-refractivity contribution < 1.29 is 18.4 Å². The number of carbonyl (C=O) groups is 1. The van der Waals surface area contributed by atoms with Gasteiger partial charge >= 0.3 is 0 Å². The maximum absolute atomic E-state index is 13.1. The number of piperazine rings is 1. The van der Waals surface area contributed by atoms with E-state index in [2.05, 4.69) is 9.97 Å². The van der Waals surface area contributed by atoms with Crippen LogP contribution >= 0.6 is 23.2 Å². The van der Waals surface area contributed by atoms with Gasteiger partial charge in [-0.2, -0.15) is 4.31 Å². The number of rotatable bonds is 5. The van der Waals surface area contributed by atoms with Crippen molar-refractivity contribution in [1.29, 1.82) is 0 Å². The van der Waals surface area contributed by atoms with Gasteiger partial charge in [0.2, 0.25) is 16.0 Å². The molecule has 1 amide bonds. The van der Waals surface area contributed by atoms with Gasteiger partial charge in [-0.3, -0.25) is 10.0 Å². The predicted octanol–water partition coefficient (Wildman–Crippen LogP) is 3.08. The Kier molecular flexibility index (Phi) is 6.82. The van der Waals surface area contributed by atoms with Crippen LogP contribution in [0, 0.1) is 0 Å². The van der Waals surface area contributed by atoms with E-state index in [9.17, 15) is 13.2 Å². The zero-order valence-corrected chi connectivity index (χ0v) is 19.5. The fourth-order valence-corrected chi connectivity index (χ4v) is 5.16. The fraction of sp³-hybridized carbons (Fsp3) is 0.190. The molecule has 0 radical (unpaired) electrons. The topological polar surface area (TPSA) is 116 Å². The van der Waals surface area contributed by atoms with Crippen molar-refractivity contribution >= 4 is 45.1 Å². The summed E-state index contributed by atoms with van der Waals surface area (Å²) in [5.74, 6) is -0.324. The van der Waals surface area contributed by atoms with E-state index in [-0.39, 0.29) is 23.5 Å². The average molecular weight is 508 g/mol. The van der Waals surface area contributed by atoms with Crippen LogP contribution in [0.5, 0.6) is 0 Å². The van der Waals surface area contributed by atoms with Crippen molar-refractivity contribution in [2.45, 2.75) is 4.90 Å². The van der Waals surface area contributed by atoms with Gasteiger partial charge in [0.15, 0.2) is 0 Å². The van der Waals surface area contributed by atoms with Crippen LogP contribution in [-0.4, -0.2) is 60.0 Å². The van der Waals surface area contributed by atoms with Crippen LogP contribution in [0.3, 0.4) is 0 Å². The Hall–Kier alpha value is -2.76. The SMILES string of the molecule is O=C(NO)c1cnc(N2CCN(S(=O)(=O)c3ccc(-c4ccc(Cl)c(Cl)c4)cc3)CC2)nc1. The number of aromatic nitrogens is 2. The van der Waals surface area contributed by atoms with E-state index >= 15 is 0 Å². The molecule has 1 aromatic heterocycles. The smallest absolute Gasteiger partial charge is 0.277 e. The first-order valence-corrected chi connectivity index (χ1v) is 12.1. The Morgan fingerprint density at radius 1 is 0.909 bits per heavy atom. The van der Waals surface area contributed by atoms with Gasteiger partial charge in [-0.1, -0.05) is 41.4 Å². The quantitative estimate of drug-likeness (QED) is 0.402. The Morgan fingerprint density at radius 2 is 1.52 bits per heavy atom. The van der Waals surface area contributed by atoms with Gasteiger partial charge in [-0.25, -0.2) is 23.9 Å². The summed E-state index contributed by atoms with van der Waals surface area (Å²) in [4.78, 5) is 21.7. The van der Waals surface area contributed by atoms with Crippen LogP contribution in [0.1, 0.15) is 10.4 Å². The minimum absolute atomic E-state index is 0.117. The molecule has 0 aliphatic carbocycles. The van der Waals surface area contributed by atoms with Crippen LogP contribution in [0.25, 0.3) is 11.1 Å². The molecule has 0 atom stereocenters. The molecule has 1 aliphatic rings. The van der Waals surface area contributed by atoms with Crippen LogP contribution in [-0.2, 0) is 10.0 Å². The van der Waals surface area contributed by atoms with Crippen molar-refractivity contribution in [3.63, 3.8) is 0 Å². The van der Waals surface area contributed by atoms with E-state index in [1.807, 2.05) is 11.0 Å². The summed E-state index contributed by atoms with van der Waals surface area (Å²) in [7, 11) is -3.66. The number of hydrogen-bond donors (Lipinski definition) is 2. The molecule has 1 aliphatic heterocycles. The van der Waals surface area contributed by atoms with Crippen LogP contribution < -0.4 is 10.4 Å². The molecule has 0 saturated carbocycles. The number of hydrogen-bond acceptors (Lipinski definition) is 7. The van der Waals surface area contributed by atoms with Crippen molar-refractivity contribution in [2.75, 3.05) is 31.1 Å². The number of anilines is 1. The third-order valence-electron chi connectivity index (χ3n) is 5.27. The molecule has 9 nitrogen and oxygen atoms in total. The number of hydroxylamine groups is 1. The van der Waals surface area contributed by atoms with E-state index in [1.165, 1.54) is 22.2 Å². The second kappa shape index (κ2) is 9.62. The third kappa shape index (κ3) is 4.94. The first kappa shape index (κ1) is 23.4. The number of amides is 1. The lowest BCUT2D eigenvalue weighted by atomic mass is 10.1. The summed E-state index contributed by atoms with van der Waals surface area (Å²) in [6.45, 7) is 1.32. The van der Waals surface area contributed by atoms with Crippen molar-refractivity contribution in [3.05, 3.63) is 70.5 Å². The van der Waals surface area contributed by atoms with Gasteiger partial charge in [0.05, 0.1) is 20.5 Å².